The average molecular weight is 453 g/mol. The Morgan fingerprint density at radius 3 is 2.06 bits per heavy atom. The van der Waals surface area contributed by atoms with Crippen molar-refractivity contribution in [2.75, 3.05) is 18.0 Å². The number of hydrogen-bond acceptors (Lipinski definition) is 2. The highest BCUT2D eigenvalue weighted by Crippen LogP contribution is 2.38. The van der Waals surface area contributed by atoms with Crippen molar-refractivity contribution in [2.24, 2.45) is 0 Å². The summed E-state index contributed by atoms with van der Waals surface area (Å²) in [6, 6.07) is 30.1. The molecular formula is C31H36N2O. The molecule has 2 unspecified atom stereocenters. The third kappa shape index (κ3) is 4.95. The number of anilines is 1. The summed E-state index contributed by atoms with van der Waals surface area (Å²) in [6.45, 7) is 4.21. The highest BCUT2D eigenvalue weighted by molar-refractivity contribution is 6.06. The van der Waals surface area contributed by atoms with Gasteiger partial charge in [0.2, 0.25) is 0 Å². The summed E-state index contributed by atoms with van der Waals surface area (Å²) in [6.07, 6.45) is 7.27. The van der Waals surface area contributed by atoms with Crippen LogP contribution >= 0.6 is 0 Å². The van der Waals surface area contributed by atoms with Crippen molar-refractivity contribution in [3.63, 3.8) is 0 Å². The molecule has 1 saturated carbocycles. The molecule has 5 rings (SSSR count). The van der Waals surface area contributed by atoms with Crippen LogP contribution in [-0.2, 0) is 0 Å². The Bertz CT molecular complexity index is 1060. The standard InChI is InChI=1S/C31H36N2O/c1-24-16-18-27(19-17-24)33(31(34)26-12-6-3-7-13-26)28-20-22-32(23-21-28)30-15-9-8-14-29(30)25-10-4-2-5-11-25/h2-7,10-13,16-19,28-30H,8-9,14-15,20-23H2,1H3. The number of rotatable bonds is 5. The minimum absolute atomic E-state index is 0.114. The van der Waals surface area contributed by atoms with E-state index in [0.717, 1.165) is 37.2 Å². The SMILES string of the molecule is Cc1ccc(N(C(=O)c2ccccc2)C2CCN(C3CCCCC3c3ccccc3)CC2)cc1. The summed E-state index contributed by atoms with van der Waals surface area (Å²) < 4.78 is 0. The molecular weight excluding hydrogens is 416 g/mol. The quantitative estimate of drug-likeness (QED) is 0.423. The van der Waals surface area contributed by atoms with E-state index < -0.39 is 0 Å². The molecule has 0 spiro atoms. The first-order valence-corrected chi connectivity index (χ1v) is 12.9. The summed E-state index contributed by atoms with van der Waals surface area (Å²) in [4.78, 5) is 18.5. The van der Waals surface area contributed by atoms with E-state index in [1.165, 1.54) is 36.8 Å². The van der Waals surface area contributed by atoms with Crippen LogP contribution in [0.2, 0.25) is 0 Å². The second kappa shape index (κ2) is 10.6. The highest BCUT2D eigenvalue weighted by atomic mass is 16.2. The smallest absolute Gasteiger partial charge is 0.258 e. The first-order chi connectivity index (χ1) is 16.7. The van der Waals surface area contributed by atoms with Gasteiger partial charge < -0.3 is 4.90 Å². The minimum atomic E-state index is 0.114. The van der Waals surface area contributed by atoms with Crippen LogP contribution in [0, 0.1) is 6.92 Å². The molecule has 176 valence electrons. The fourth-order valence-corrected chi connectivity index (χ4v) is 6.03. The van der Waals surface area contributed by atoms with E-state index in [-0.39, 0.29) is 11.9 Å². The van der Waals surface area contributed by atoms with Gasteiger partial charge in [-0.1, -0.05) is 79.1 Å². The van der Waals surface area contributed by atoms with Crippen molar-refractivity contribution in [3.05, 3.63) is 102 Å². The molecule has 2 atom stereocenters. The Balaban J connectivity index is 1.34. The lowest BCUT2D eigenvalue weighted by molar-refractivity contribution is 0.0895. The molecule has 0 N–H and O–H groups in total. The number of carbonyl (C=O) groups excluding carboxylic acids is 1. The van der Waals surface area contributed by atoms with Crippen LogP contribution in [0.5, 0.6) is 0 Å². The maximum atomic E-state index is 13.7. The van der Waals surface area contributed by atoms with Gasteiger partial charge in [0.1, 0.15) is 0 Å². The molecule has 2 fully saturated rings. The highest BCUT2D eigenvalue weighted by Gasteiger charge is 2.36. The van der Waals surface area contributed by atoms with Gasteiger partial charge in [0.15, 0.2) is 0 Å². The Labute approximate surface area is 204 Å². The zero-order valence-corrected chi connectivity index (χ0v) is 20.3. The van der Waals surface area contributed by atoms with E-state index >= 15 is 0 Å². The van der Waals surface area contributed by atoms with Gasteiger partial charge in [0.05, 0.1) is 0 Å². The predicted octanol–water partition coefficient (Wildman–Crippen LogP) is 6.83. The Morgan fingerprint density at radius 1 is 0.765 bits per heavy atom. The molecule has 3 nitrogen and oxygen atoms in total. The van der Waals surface area contributed by atoms with Crippen LogP contribution in [0.25, 0.3) is 0 Å². The van der Waals surface area contributed by atoms with E-state index in [1.54, 1.807) is 0 Å². The van der Waals surface area contributed by atoms with Crippen LogP contribution in [0.4, 0.5) is 5.69 Å². The fourth-order valence-electron chi connectivity index (χ4n) is 6.03. The number of aryl methyl sites for hydroxylation is 1. The Kier molecular flexibility index (Phi) is 7.10. The van der Waals surface area contributed by atoms with E-state index in [9.17, 15) is 4.79 Å². The second-order valence-electron chi connectivity index (χ2n) is 10.0. The molecule has 1 amide bonds. The first kappa shape index (κ1) is 22.9. The lowest BCUT2D eigenvalue weighted by Crippen LogP contribution is -2.51. The lowest BCUT2D eigenvalue weighted by Gasteiger charge is -2.45. The minimum Gasteiger partial charge on any atom is -0.305 e. The van der Waals surface area contributed by atoms with Crippen molar-refractivity contribution >= 4 is 11.6 Å². The molecule has 0 aromatic heterocycles. The van der Waals surface area contributed by atoms with Crippen LogP contribution < -0.4 is 4.90 Å². The maximum Gasteiger partial charge on any atom is 0.258 e. The molecule has 1 heterocycles. The summed E-state index contributed by atoms with van der Waals surface area (Å²) in [5.74, 6) is 0.744. The number of hydrogen-bond donors (Lipinski definition) is 0. The van der Waals surface area contributed by atoms with E-state index in [4.69, 9.17) is 0 Å². The molecule has 2 aliphatic rings. The van der Waals surface area contributed by atoms with E-state index in [2.05, 4.69) is 71.3 Å². The van der Waals surface area contributed by atoms with Crippen molar-refractivity contribution < 1.29 is 4.79 Å². The number of carbonyl (C=O) groups is 1. The molecule has 0 bridgehead atoms. The van der Waals surface area contributed by atoms with E-state index in [1.807, 2.05) is 30.3 Å². The van der Waals surface area contributed by atoms with Gasteiger partial charge in [-0.25, -0.2) is 0 Å². The second-order valence-corrected chi connectivity index (χ2v) is 10.0. The third-order valence-electron chi connectivity index (χ3n) is 7.84. The van der Waals surface area contributed by atoms with Gasteiger partial charge in [-0.3, -0.25) is 9.69 Å². The molecule has 3 aromatic carbocycles. The van der Waals surface area contributed by atoms with Gasteiger partial charge in [-0.05, 0) is 68.4 Å². The van der Waals surface area contributed by atoms with Gasteiger partial charge in [0, 0.05) is 36.4 Å². The van der Waals surface area contributed by atoms with E-state index in [0.29, 0.717) is 12.0 Å². The van der Waals surface area contributed by atoms with Crippen LogP contribution in [0.1, 0.15) is 65.9 Å². The normalized spacial score (nSPS) is 21.8. The largest absolute Gasteiger partial charge is 0.305 e. The zero-order valence-electron chi connectivity index (χ0n) is 20.3. The first-order valence-electron chi connectivity index (χ1n) is 12.9. The molecule has 1 aliphatic carbocycles. The molecule has 3 aromatic rings. The average Bonchev–Trinajstić information content (AvgIpc) is 2.91. The maximum absolute atomic E-state index is 13.7. The Hall–Kier alpha value is -2.91. The lowest BCUT2D eigenvalue weighted by atomic mass is 9.78. The monoisotopic (exact) mass is 452 g/mol. The van der Waals surface area contributed by atoms with Crippen LogP contribution in [0.3, 0.4) is 0 Å². The summed E-state index contributed by atoms with van der Waals surface area (Å²) in [5.41, 5.74) is 4.49. The van der Waals surface area contributed by atoms with Gasteiger partial charge in [-0.15, -0.1) is 0 Å². The van der Waals surface area contributed by atoms with Crippen molar-refractivity contribution in [1.29, 1.82) is 0 Å². The zero-order chi connectivity index (χ0) is 23.3. The van der Waals surface area contributed by atoms with Crippen molar-refractivity contribution in [2.45, 2.75) is 63.5 Å². The molecule has 3 heteroatoms. The van der Waals surface area contributed by atoms with Crippen LogP contribution in [-0.4, -0.2) is 36.0 Å². The third-order valence-corrected chi connectivity index (χ3v) is 7.84. The van der Waals surface area contributed by atoms with Crippen molar-refractivity contribution in [3.8, 4) is 0 Å². The number of benzene rings is 3. The summed E-state index contributed by atoms with van der Waals surface area (Å²) in [7, 11) is 0. The summed E-state index contributed by atoms with van der Waals surface area (Å²) in [5, 5.41) is 0. The van der Waals surface area contributed by atoms with Crippen LogP contribution in [0.15, 0.2) is 84.9 Å². The number of nitrogens with zero attached hydrogens (tertiary/aromatic N) is 2. The molecule has 34 heavy (non-hydrogen) atoms. The Morgan fingerprint density at radius 2 is 1.38 bits per heavy atom. The molecule has 0 radical (unpaired) electrons. The van der Waals surface area contributed by atoms with Gasteiger partial charge in [-0.2, -0.15) is 0 Å². The fraction of sp³-hybridized carbons (Fsp3) is 0.387. The summed E-state index contributed by atoms with van der Waals surface area (Å²) >= 11 is 0. The van der Waals surface area contributed by atoms with Gasteiger partial charge in [0.25, 0.3) is 5.91 Å². The molecule has 1 aliphatic heterocycles. The molecule has 1 saturated heterocycles. The number of likely N-dealkylation sites (tertiary alicyclic amines) is 1. The topological polar surface area (TPSA) is 23.6 Å². The number of amides is 1. The van der Waals surface area contributed by atoms with Gasteiger partial charge >= 0.3 is 0 Å². The number of piperidine rings is 1. The predicted molar refractivity (Wildman–Crippen MR) is 140 cm³/mol. The van der Waals surface area contributed by atoms with Crippen molar-refractivity contribution in [1.82, 2.24) is 4.90 Å².